The minimum atomic E-state index is -0.421. The second-order valence-corrected chi connectivity index (χ2v) is 4.64. The molecule has 0 bridgehead atoms. The number of hydrogen-bond acceptors (Lipinski definition) is 3. The summed E-state index contributed by atoms with van der Waals surface area (Å²) in [5, 5.41) is 12.3. The van der Waals surface area contributed by atoms with Gasteiger partial charge in [-0.1, -0.05) is 18.5 Å². The molecule has 5 heteroatoms. The molecule has 1 unspecified atom stereocenters. The van der Waals surface area contributed by atoms with Crippen LogP contribution >= 0.6 is 11.6 Å². The molecule has 4 nitrogen and oxygen atoms in total. The van der Waals surface area contributed by atoms with Gasteiger partial charge in [-0.3, -0.25) is 9.78 Å². The first-order valence-corrected chi connectivity index (χ1v) is 5.93. The van der Waals surface area contributed by atoms with Crippen molar-refractivity contribution in [1.29, 1.82) is 0 Å². The highest BCUT2D eigenvalue weighted by atomic mass is 35.5. The van der Waals surface area contributed by atoms with E-state index in [-0.39, 0.29) is 18.2 Å². The van der Waals surface area contributed by atoms with Crippen LogP contribution in [0, 0.1) is 0 Å². The van der Waals surface area contributed by atoms with E-state index in [1.165, 1.54) is 12.3 Å². The minimum absolute atomic E-state index is 0.0353. The highest BCUT2D eigenvalue weighted by Crippen LogP contribution is 2.15. The Bertz CT molecular complexity index is 398. The molecule has 1 aromatic heterocycles. The molecular formula is C12H17ClN2O2. The average molecular weight is 257 g/mol. The number of amides is 1. The maximum Gasteiger partial charge on any atom is 0.270 e. The van der Waals surface area contributed by atoms with Crippen molar-refractivity contribution in [3.63, 3.8) is 0 Å². The Hall–Kier alpha value is -1.13. The zero-order valence-corrected chi connectivity index (χ0v) is 10.8. The van der Waals surface area contributed by atoms with E-state index in [0.29, 0.717) is 11.4 Å². The molecule has 1 heterocycles. The molecule has 1 aromatic rings. The second-order valence-electron chi connectivity index (χ2n) is 4.20. The Balaban J connectivity index is 2.77. The van der Waals surface area contributed by atoms with Gasteiger partial charge in [0.2, 0.25) is 0 Å². The standard InChI is InChI=1S/C12H17ClN2O2/c1-3-12(2,5-7-16)15-11(17)10-8-9(13)4-6-14-10/h4,6,8,16H,3,5,7H2,1-2H3,(H,15,17). The van der Waals surface area contributed by atoms with Gasteiger partial charge in [0.25, 0.3) is 5.91 Å². The molecule has 0 aromatic carbocycles. The number of rotatable bonds is 5. The monoisotopic (exact) mass is 256 g/mol. The normalized spacial score (nSPS) is 14.1. The summed E-state index contributed by atoms with van der Waals surface area (Å²) in [6.07, 6.45) is 2.74. The molecule has 0 saturated heterocycles. The van der Waals surface area contributed by atoms with E-state index in [2.05, 4.69) is 10.3 Å². The number of hydrogen-bond donors (Lipinski definition) is 2. The molecule has 2 N–H and O–H groups in total. The Kier molecular flexibility index (Phi) is 4.90. The molecule has 0 fully saturated rings. The van der Waals surface area contributed by atoms with E-state index < -0.39 is 5.54 Å². The van der Waals surface area contributed by atoms with Gasteiger partial charge >= 0.3 is 0 Å². The number of nitrogens with zero attached hydrogens (tertiary/aromatic N) is 1. The van der Waals surface area contributed by atoms with Gasteiger partial charge in [0.1, 0.15) is 5.69 Å². The molecule has 17 heavy (non-hydrogen) atoms. The van der Waals surface area contributed by atoms with Crippen LogP contribution in [-0.4, -0.2) is 28.1 Å². The zero-order chi connectivity index (χ0) is 12.9. The van der Waals surface area contributed by atoms with Gasteiger partial charge in [-0.2, -0.15) is 0 Å². The largest absolute Gasteiger partial charge is 0.396 e. The highest BCUT2D eigenvalue weighted by molar-refractivity contribution is 6.30. The van der Waals surface area contributed by atoms with Crippen molar-refractivity contribution in [1.82, 2.24) is 10.3 Å². The van der Waals surface area contributed by atoms with Crippen LogP contribution in [-0.2, 0) is 0 Å². The molecule has 0 aliphatic rings. The Labute approximate surface area is 106 Å². The van der Waals surface area contributed by atoms with E-state index in [0.717, 1.165) is 6.42 Å². The van der Waals surface area contributed by atoms with E-state index in [9.17, 15) is 4.79 Å². The van der Waals surface area contributed by atoms with Gasteiger partial charge in [0.05, 0.1) is 0 Å². The van der Waals surface area contributed by atoms with Crippen LogP contribution in [0.25, 0.3) is 0 Å². The quantitative estimate of drug-likeness (QED) is 0.847. The lowest BCUT2D eigenvalue weighted by molar-refractivity contribution is 0.0881. The lowest BCUT2D eigenvalue weighted by Crippen LogP contribution is -2.46. The number of carbonyl (C=O) groups excluding carboxylic acids is 1. The maximum atomic E-state index is 11.9. The first-order chi connectivity index (χ1) is 8.00. The molecule has 0 aliphatic carbocycles. The molecule has 0 aliphatic heterocycles. The van der Waals surface area contributed by atoms with Crippen LogP contribution in [0.2, 0.25) is 5.02 Å². The van der Waals surface area contributed by atoms with Crippen LogP contribution in [0.4, 0.5) is 0 Å². The molecule has 1 rings (SSSR count). The topological polar surface area (TPSA) is 62.2 Å². The van der Waals surface area contributed by atoms with Gasteiger partial charge in [0, 0.05) is 23.4 Å². The van der Waals surface area contributed by atoms with Crippen molar-refractivity contribution < 1.29 is 9.90 Å². The predicted octanol–water partition coefficient (Wildman–Crippen LogP) is 2.02. The van der Waals surface area contributed by atoms with Gasteiger partial charge in [-0.05, 0) is 31.9 Å². The van der Waals surface area contributed by atoms with Crippen molar-refractivity contribution in [2.24, 2.45) is 0 Å². The van der Waals surface area contributed by atoms with Crippen LogP contribution < -0.4 is 5.32 Å². The lowest BCUT2D eigenvalue weighted by Gasteiger charge is -2.28. The third kappa shape index (κ3) is 3.98. The third-order valence-corrected chi connectivity index (χ3v) is 3.05. The number of pyridine rings is 1. The van der Waals surface area contributed by atoms with E-state index in [4.69, 9.17) is 16.7 Å². The number of aliphatic hydroxyl groups excluding tert-OH is 1. The summed E-state index contributed by atoms with van der Waals surface area (Å²) in [4.78, 5) is 15.9. The summed E-state index contributed by atoms with van der Waals surface area (Å²) in [6, 6.07) is 3.14. The van der Waals surface area contributed by atoms with E-state index in [1.807, 2.05) is 13.8 Å². The second kappa shape index (κ2) is 5.98. The number of aromatic nitrogens is 1. The molecule has 0 radical (unpaired) electrons. The fourth-order valence-corrected chi connectivity index (χ4v) is 1.60. The van der Waals surface area contributed by atoms with Crippen molar-refractivity contribution in [2.75, 3.05) is 6.61 Å². The fraction of sp³-hybridized carbons (Fsp3) is 0.500. The predicted molar refractivity (Wildman–Crippen MR) is 67.1 cm³/mol. The maximum absolute atomic E-state index is 11.9. The highest BCUT2D eigenvalue weighted by Gasteiger charge is 2.24. The number of carbonyl (C=O) groups is 1. The summed E-state index contributed by atoms with van der Waals surface area (Å²) in [5.74, 6) is -0.273. The summed E-state index contributed by atoms with van der Waals surface area (Å²) in [6.45, 7) is 3.89. The SMILES string of the molecule is CCC(C)(CCO)NC(=O)c1cc(Cl)ccn1. The first-order valence-electron chi connectivity index (χ1n) is 5.55. The number of nitrogens with one attached hydrogen (secondary N) is 1. The van der Waals surface area contributed by atoms with Crippen LogP contribution in [0.1, 0.15) is 37.2 Å². The Morgan fingerprint density at radius 3 is 2.88 bits per heavy atom. The lowest BCUT2D eigenvalue weighted by atomic mass is 9.94. The molecule has 1 amide bonds. The van der Waals surface area contributed by atoms with Gasteiger partial charge in [0.15, 0.2) is 0 Å². The molecule has 0 saturated carbocycles. The van der Waals surface area contributed by atoms with Crippen LogP contribution in [0.3, 0.4) is 0 Å². The van der Waals surface area contributed by atoms with Crippen LogP contribution in [0.5, 0.6) is 0 Å². The molecule has 94 valence electrons. The van der Waals surface area contributed by atoms with Gasteiger partial charge in [-0.25, -0.2) is 0 Å². The summed E-state index contributed by atoms with van der Waals surface area (Å²) >= 11 is 5.80. The number of halogens is 1. The molecule has 0 spiro atoms. The van der Waals surface area contributed by atoms with Crippen molar-refractivity contribution >= 4 is 17.5 Å². The fourth-order valence-electron chi connectivity index (χ4n) is 1.44. The Morgan fingerprint density at radius 2 is 2.35 bits per heavy atom. The zero-order valence-electron chi connectivity index (χ0n) is 10.0. The average Bonchev–Trinajstić information content (AvgIpc) is 2.29. The summed E-state index contributed by atoms with van der Waals surface area (Å²) < 4.78 is 0. The molecule has 1 atom stereocenters. The van der Waals surface area contributed by atoms with Gasteiger partial charge < -0.3 is 10.4 Å². The smallest absolute Gasteiger partial charge is 0.270 e. The van der Waals surface area contributed by atoms with E-state index in [1.54, 1.807) is 6.07 Å². The van der Waals surface area contributed by atoms with Crippen molar-refractivity contribution in [2.45, 2.75) is 32.2 Å². The van der Waals surface area contributed by atoms with Crippen LogP contribution in [0.15, 0.2) is 18.3 Å². The van der Waals surface area contributed by atoms with Crippen molar-refractivity contribution in [3.05, 3.63) is 29.0 Å². The Morgan fingerprint density at radius 1 is 1.65 bits per heavy atom. The third-order valence-electron chi connectivity index (χ3n) is 2.81. The van der Waals surface area contributed by atoms with E-state index >= 15 is 0 Å². The van der Waals surface area contributed by atoms with Gasteiger partial charge in [-0.15, -0.1) is 0 Å². The minimum Gasteiger partial charge on any atom is -0.396 e. The molecular weight excluding hydrogens is 240 g/mol. The van der Waals surface area contributed by atoms with Crippen molar-refractivity contribution in [3.8, 4) is 0 Å². The summed E-state index contributed by atoms with van der Waals surface area (Å²) in [5.41, 5.74) is -0.134. The summed E-state index contributed by atoms with van der Waals surface area (Å²) in [7, 11) is 0. The first kappa shape index (κ1) is 13.9. The number of aliphatic hydroxyl groups is 1.